The summed E-state index contributed by atoms with van der Waals surface area (Å²) < 4.78 is 5.38. The van der Waals surface area contributed by atoms with Gasteiger partial charge >= 0.3 is 0 Å². The highest BCUT2D eigenvalue weighted by Crippen LogP contribution is 2.21. The third-order valence-electron chi connectivity index (χ3n) is 4.09. The number of ether oxygens (including phenoxy) is 1. The molecule has 2 aliphatic heterocycles. The zero-order valence-corrected chi connectivity index (χ0v) is 11.2. The molecule has 1 saturated heterocycles. The average Bonchev–Trinajstić information content (AvgIpc) is 2.88. The molecule has 1 fully saturated rings. The van der Waals surface area contributed by atoms with Gasteiger partial charge in [0.25, 0.3) is 5.91 Å². The van der Waals surface area contributed by atoms with E-state index in [1.807, 2.05) is 18.2 Å². The van der Waals surface area contributed by atoms with E-state index < -0.39 is 0 Å². The number of fused-ring (bicyclic) bond motifs is 1. The van der Waals surface area contributed by atoms with E-state index >= 15 is 0 Å². The van der Waals surface area contributed by atoms with Crippen LogP contribution in [0.4, 0.5) is 0 Å². The Hall–Kier alpha value is -1.39. The fraction of sp³-hybridized carbons (Fsp3) is 0.533. The average molecular weight is 260 g/mol. The fourth-order valence-corrected chi connectivity index (χ4v) is 2.79. The highest BCUT2D eigenvalue weighted by atomic mass is 16.5. The normalized spacial score (nSPS) is 25.9. The first-order valence-electron chi connectivity index (χ1n) is 6.95. The van der Waals surface area contributed by atoms with Crippen LogP contribution in [0.2, 0.25) is 0 Å². The molecule has 2 aliphatic rings. The molecule has 102 valence electrons. The Balaban J connectivity index is 1.70. The van der Waals surface area contributed by atoms with Gasteiger partial charge < -0.3 is 15.4 Å². The van der Waals surface area contributed by atoms with Gasteiger partial charge in [0.1, 0.15) is 0 Å². The van der Waals surface area contributed by atoms with Crippen LogP contribution in [-0.2, 0) is 18.0 Å². The molecule has 4 heteroatoms. The van der Waals surface area contributed by atoms with Crippen molar-refractivity contribution < 1.29 is 9.53 Å². The molecule has 3 rings (SSSR count). The molecule has 19 heavy (non-hydrogen) atoms. The predicted octanol–water partition coefficient (Wildman–Crippen LogP) is 1.44. The van der Waals surface area contributed by atoms with E-state index in [1.165, 1.54) is 5.56 Å². The Morgan fingerprint density at radius 3 is 3.05 bits per heavy atom. The van der Waals surface area contributed by atoms with Crippen LogP contribution in [-0.4, -0.2) is 25.0 Å². The molecule has 0 aliphatic carbocycles. The van der Waals surface area contributed by atoms with E-state index in [1.54, 1.807) is 0 Å². The van der Waals surface area contributed by atoms with Crippen molar-refractivity contribution >= 4 is 5.91 Å². The van der Waals surface area contributed by atoms with Gasteiger partial charge in [0, 0.05) is 11.6 Å². The van der Waals surface area contributed by atoms with E-state index in [0.717, 1.165) is 30.6 Å². The van der Waals surface area contributed by atoms with Crippen LogP contribution < -0.4 is 10.6 Å². The molecule has 2 unspecified atom stereocenters. The molecule has 2 atom stereocenters. The third kappa shape index (κ3) is 2.65. The van der Waals surface area contributed by atoms with Gasteiger partial charge in [-0.3, -0.25) is 4.79 Å². The van der Waals surface area contributed by atoms with E-state index in [9.17, 15) is 4.79 Å². The largest absolute Gasteiger partial charge is 0.372 e. The zero-order chi connectivity index (χ0) is 13.2. The summed E-state index contributed by atoms with van der Waals surface area (Å²) in [5, 5.41) is 6.50. The van der Waals surface area contributed by atoms with E-state index in [0.29, 0.717) is 19.1 Å². The topological polar surface area (TPSA) is 50.4 Å². The van der Waals surface area contributed by atoms with Crippen molar-refractivity contribution in [3.8, 4) is 0 Å². The van der Waals surface area contributed by atoms with Crippen LogP contribution in [0.5, 0.6) is 0 Å². The Kier molecular flexibility index (Phi) is 3.53. The Labute approximate surface area is 113 Å². The molecule has 2 heterocycles. The summed E-state index contributed by atoms with van der Waals surface area (Å²) in [5.41, 5.74) is 3.09. The first-order chi connectivity index (χ1) is 9.24. The number of carbonyl (C=O) groups is 1. The van der Waals surface area contributed by atoms with Gasteiger partial charge in [-0.1, -0.05) is 13.0 Å². The molecule has 0 radical (unpaired) electrons. The smallest absolute Gasteiger partial charge is 0.251 e. The second-order valence-corrected chi connectivity index (χ2v) is 5.53. The van der Waals surface area contributed by atoms with Crippen LogP contribution in [0.25, 0.3) is 0 Å². The zero-order valence-electron chi connectivity index (χ0n) is 11.2. The maximum atomic E-state index is 12.3. The summed E-state index contributed by atoms with van der Waals surface area (Å²) in [7, 11) is 0. The predicted molar refractivity (Wildman–Crippen MR) is 72.8 cm³/mol. The quantitative estimate of drug-likeness (QED) is 0.846. The maximum absolute atomic E-state index is 12.3. The minimum absolute atomic E-state index is 0.0356. The van der Waals surface area contributed by atoms with E-state index in [2.05, 4.69) is 17.6 Å². The van der Waals surface area contributed by atoms with Crippen molar-refractivity contribution in [2.45, 2.75) is 32.6 Å². The number of rotatable bonds is 2. The number of hydrogen-bond acceptors (Lipinski definition) is 3. The molecule has 0 bridgehead atoms. The van der Waals surface area contributed by atoms with Gasteiger partial charge in [-0.25, -0.2) is 0 Å². The van der Waals surface area contributed by atoms with Gasteiger partial charge in [0.2, 0.25) is 0 Å². The minimum atomic E-state index is 0.0356. The summed E-state index contributed by atoms with van der Waals surface area (Å²) in [4.78, 5) is 12.3. The van der Waals surface area contributed by atoms with Gasteiger partial charge in [0.05, 0.1) is 13.2 Å². The van der Waals surface area contributed by atoms with E-state index in [-0.39, 0.29) is 11.9 Å². The minimum Gasteiger partial charge on any atom is -0.372 e. The Morgan fingerprint density at radius 1 is 1.37 bits per heavy atom. The van der Waals surface area contributed by atoms with Gasteiger partial charge in [-0.15, -0.1) is 0 Å². The van der Waals surface area contributed by atoms with Crippen molar-refractivity contribution in [3.63, 3.8) is 0 Å². The molecule has 1 aromatic rings. The van der Waals surface area contributed by atoms with Crippen molar-refractivity contribution in [2.24, 2.45) is 5.92 Å². The number of nitrogens with one attached hydrogen (secondary N) is 2. The van der Waals surface area contributed by atoms with Crippen LogP contribution >= 0.6 is 0 Å². The lowest BCUT2D eigenvalue weighted by molar-refractivity contribution is 0.0914. The van der Waals surface area contributed by atoms with Crippen LogP contribution in [0.1, 0.15) is 34.8 Å². The Bertz CT molecular complexity index is 487. The lowest BCUT2D eigenvalue weighted by atomic mass is 9.95. The first kappa shape index (κ1) is 12.6. The number of hydrogen-bond donors (Lipinski definition) is 2. The van der Waals surface area contributed by atoms with Crippen molar-refractivity contribution in [1.29, 1.82) is 0 Å². The lowest BCUT2D eigenvalue weighted by Gasteiger charge is -2.30. The molecular formula is C15H20N2O2. The van der Waals surface area contributed by atoms with Gasteiger partial charge in [0.15, 0.2) is 0 Å². The summed E-state index contributed by atoms with van der Waals surface area (Å²) in [6.07, 6.45) is 1.00. The number of benzene rings is 1. The summed E-state index contributed by atoms with van der Waals surface area (Å²) in [6, 6.07) is 6.14. The molecule has 2 N–H and O–H groups in total. The summed E-state index contributed by atoms with van der Waals surface area (Å²) in [6.45, 7) is 5.42. The Morgan fingerprint density at radius 2 is 2.21 bits per heavy atom. The van der Waals surface area contributed by atoms with Gasteiger partial charge in [-0.2, -0.15) is 0 Å². The second-order valence-electron chi connectivity index (χ2n) is 5.53. The highest BCUT2D eigenvalue weighted by Gasteiger charge is 2.23. The van der Waals surface area contributed by atoms with Crippen LogP contribution in [0.3, 0.4) is 0 Å². The highest BCUT2D eigenvalue weighted by molar-refractivity contribution is 5.94. The molecule has 0 aromatic heterocycles. The van der Waals surface area contributed by atoms with Crippen molar-refractivity contribution in [3.05, 3.63) is 34.9 Å². The standard InChI is InChI=1S/C15H20N2O2/c1-10-7-16-5-4-14(10)17-15(18)11-2-3-12-8-19-9-13(12)6-11/h2-3,6,10,14,16H,4-5,7-9H2,1H3,(H,17,18). The molecule has 0 spiro atoms. The maximum Gasteiger partial charge on any atom is 0.251 e. The molecule has 1 aromatic carbocycles. The van der Waals surface area contributed by atoms with Crippen molar-refractivity contribution in [2.75, 3.05) is 13.1 Å². The monoisotopic (exact) mass is 260 g/mol. The number of carbonyl (C=O) groups excluding carboxylic acids is 1. The SMILES string of the molecule is CC1CNCCC1NC(=O)c1ccc2c(c1)COC2. The van der Waals surface area contributed by atoms with Crippen LogP contribution in [0, 0.1) is 5.92 Å². The lowest BCUT2D eigenvalue weighted by Crippen LogP contribution is -2.48. The molecule has 0 saturated carbocycles. The van der Waals surface area contributed by atoms with E-state index in [4.69, 9.17) is 4.74 Å². The number of piperidine rings is 1. The van der Waals surface area contributed by atoms with Crippen molar-refractivity contribution in [1.82, 2.24) is 10.6 Å². The van der Waals surface area contributed by atoms with Crippen LogP contribution in [0.15, 0.2) is 18.2 Å². The summed E-state index contributed by atoms with van der Waals surface area (Å²) in [5.74, 6) is 0.518. The number of amides is 1. The fourth-order valence-electron chi connectivity index (χ4n) is 2.79. The first-order valence-corrected chi connectivity index (χ1v) is 6.95. The second kappa shape index (κ2) is 5.31. The molecular weight excluding hydrogens is 240 g/mol. The summed E-state index contributed by atoms with van der Waals surface area (Å²) >= 11 is 0. The molecule has 4 nitrogen and oxygen atoms in total. The third-order valence-corrected chi connectivity index (χ3v) is 4.09. The molecule has 1 amide bonds. The van der Waals surface area contributed by atoms with Gasteiger partial charge in [-0.05, 0) is 48.7 Å².